The van der Waals surface area contributed by atoms with Crippen LogP contribution in [0.15, 0.2) is 15.9 Å². The molecule has 4 atom stereocenters. The minimum atomic E-state index is 0.146. The second-order valence-electron chi connectivity index (χ2n) is 5.38. The fourth-order valence-corrected chi connectivity index (χ4v) is 4.82. The van der Waals surface area contributed by atoms with Crippen LogP contribution in [0, 0.1) is 0 Å². The molecule has 3 rings (SSSR count). The quantitative estimate of drug-likeness (QED) is 0.926. The minimum absolute atomic E-state index is 0.146. The lowest BCUT2D eigenvalue weighted by Crippen LogP contribution is -2.48. The van der Waals surface area contributed by atoms with Crippen molar-refractivity contribution in [3.63, 3.8) is 0 Å². The Labute approximate surface area is 120 Å². The Morgan fingerprint density at radius 2 is 2.11 bits per heavy atom. The summed E-state index contributed by atoms with van der Waals surface area (Å²) in [6, 6.07) is 2.68. The summed E-state index contributed by atoms with van der Waals surface area (Å²) in [6.45, 7) is 4.16. The first-order valence-electron chi connectivity index (χ1n) is 6.52. The van der Waals surface area contributed by atoms with Crippen LogP contribution >= 0.6 is 27.3 Å². The molecule has 0 aliphatic carbocycles. The number of nitrogens with two attached hydrogens (primary N) is 1. The van der Waals surface area contributed by atoms with Gasteiger partial charge in [-0.15, -0.1) is 11.3 Å². The van der Waals surface area contributed by atoms with Gasteiger partial charge in [-0.2, -0.15) is 0 Å². The largest absolute Gasteiger partial charge is 0.372 e. The first kappa shape index (κ1) is 13.1. The summed E-state index contributed by atoms with van der Waals surface area (Å²) in [5, 5.41) is 2.14. The number of likely N-dealkylation sites (tertiary alicyclic amines) is 1. The molecule has 0 amide bonds. The van der Waals surface area contributed by atoms with Crippen molar-refractivity contribution in [2.75, 3.05) is 13.1 Å². The Kier molecular flexibility index (Phi) is 3.78. The summed E-state index contributed by atoms with van der Waals surface area (Å²) in [5.74, 6) is 0. The highest BCUT2D eigenvalue weighted by Gasteiger charge is 2.38. The summed E-state index contributed by atoms with van der Waals surface area (Å²) in [5.41, 5.74) is 6.23. The van der Waals surface area contributed by atoms with Gasteiger partial charge in [0.1, 0.15) is 0 Å². The predicted molar refractivity (Wildman–Crippen MR) is 77.9 cm³/mol. The van der Waals surface area contributed by atoms with E-state index in [0.717, 1.165) is 17.6 Å². The van der Waals surface area contributed by atoms with Crippen LogP contribution in [0.2, 0.25) is 0 Å². The van der Waals surface area contributed by atoms with Gasteiger partial charge in [-0.3, -0.25) is 4.90 Å². The zero-order valence-electron chi connectivity index (χ0n) is 10.5. The number of thiophene rings is 1. The monoisotopic (exact) mass is 330 g/mol. The van der Waals surface area contributed by atoms with E-state index in [2.05, 4.69) is 39.2 Å². The van der Waals surface area contributed by atoms with E-state index < -0.39 is 0 Å². The molecule has 0 spiro atoms. The Hall–Kier alpha value is 0.0600. The fourth-order valence-electron chi connectivity index (χ4n) is 3.13. The van der Waals surface area contributed by atoms with Gasteiger partial charge in [0.15, 0.2) is 0 Å². The van der Waals surface area contributed by atoms with Crippen molar-refractivity contribution in [1.82, 2.24) is 4.90 Å². The fraction of sp³-hybridized carbons (Fsp3) is 0.692. The number of fused-ring (bicyclic) bond motifs is 2. The zero-order valence-corrected chi connectivity index (χ0v) is 12.9. The van der Waals surface area contributed by atoms with Crippen molar-refractivity contribution in [2.24, 2.45) is 5.73 Å². The van der Waals surface area contributed by atoms with Gasteiger partial charge in [-0.25, -0.2) is 0 Å². The molecular weight excluding hydrogens is 312 g/mol. The molecule has 1 aromatic rings. The highest BCUT2D eigenvalue weighted by molar-refractivity contribution is 9.10. The lowest BCUT2D eigenvalue weighted by Gasteiger charge is -2.39. The molecule has 18 heavy (non-hydrogen) atoms. The Bertz CT molecular complexity index is 411. The number of halogens is 1. The van der Waals surface area contributed by atoms with Crippen molar-refractivity contribution in [3.05, 3.63) is 20.8 Å². The van der Waals surface area contributed by atoms with E-state index >= 15 is 0 Å². The smallest absolute Gasteiger partial charge is 0.0707 e. The van der Waals surface area contributed by atoms with E-state index in [1.807, 2.05) is 0 Å². The SMILES string of the molecule is CC(N)C(c1cc(Br)cs1)N1CC2CCC(C1)O2. The van der Waals surface area contributed by atoms with E-state index in [4.69, 9.17) is 10.5 Å². The third-order valence-corrected chi connectivity index (χ3v) is 5.61. The van der Waals surface area contributed by atoms with Crippen molar-refractivity contribution in [3.8, 4) is 0 Å². The van der Waals surface area contributed by atoms with Crippen molar-refractivity contribution in [1.29, 1.82) is 0 Å². The summed E-state index contributed by atoms with van der Waals surface area (Å²) < 4.78 is 7.07. The van der Waals surface area contributed by atoms with Crippen LogP contribution in [0.3, 0.4) is 0 Å². The van der Waals surface area contributed by atoms with Gasteiger partial charge in [0, 0.05) is 33.9 Å². The van der Waals surface area contributed by atoms with E-state index in [-0.39, 0.29) is 6.04 Å². The Balaban J connectivity index is 1.82. The van der Waals surface area contributed by atoms with Gasteiger partial charge in [0.25, 0.3) is 0 Å². The van der Waals surface area contributed by atoms with Crippen LogP contribution in [0.4, 0.5) is 0 Å². The highest BCUT2D eigenvalue weighted by atomic mass is 79.9. The predicted octanol–water partition coefficient (Wildman–Crippen LogP) is 2.76. The van der Waals surface area contributed by atoms with E-state index in [9.17, 15) is 0 Å². The van der Waals surface area contributed by atoms with E-state index in [1.165, 1.54) is 17.7 Å². The standard InChI is InChI=1S/C13H19BrN2OS/c1-8(15)13(12-4-9(14)7-18-12)16-5-10-2-3-11(6-16)17-10/h4,7-8,10-11,13H,2-3,5-6,15H2,1H3. The van der Waals surface area contributed by atoms with Gasteiger partial charge in [-0.1, -0.05) is 0 Å². The summed E-state index contributed by atoms with van der Waals surface area (Å²) >= 11 is 5.33. The van der Waals surface area contributed by atoms with Gasteiger partial charge in [-0.05, 0) is 41.8 Å². The first-order valence-corrected chi connectivity index (χ1v) is 8.20. The third kappa shape index (κ3) is 2.51. The van der Waals surface area contributed by atoms with Crippen LogP contribution in [0.25, 0.3) is 0 Å². The molecule has 3 nitrogen and oxygen atoms in total. The lowest BCUT2D eigenvalue weighted by molar-refractivity contribution is -0.0554. The third-order valence-electron chi connectivity index (χ3n) is 3.84. The highest BCUT2D eigenvalue weighted by Crippen LogP contribution is 2.36. The van der Waals surface area contributed by atoms with Gasteiger partial charge in [0.05, 0.1) is 18.2 Å². The number of nitrogens with zero attached hydrogens (tertiary/aromatic N) is 1. The average molecular weight is 331 g/mol. The second kappa shape index (κ2) is 5.21. The first-order chi connectivity index (χ1) is 8.63. The summed E-state index contributed by atoms with van der Waals surface area (Å²) in [7, 11) is 0. The zero-order chi connectivity index (χ0) is 12.7. The molecule has 2 aliphatic heterocycles. The molecule has 2 fully saturated rings. The molecule has 2 saturated heterocycles. The molecule has 0 radical (unpaired) electrons. The molecule has 5 heteroatoms. The number of hydrogen-bond acceptors (Lipinski definition) is 4. The Morgan fingerprint density at radius 1 is 1.44 bits per heavy atom. The average Bonchev–Trinajstić information content (AvgIpc) is 2.86. The molecule has 2 bridgehead atoms. The topological polar surface area (TPSA) is 38.5 Å². The van der Waals surface area contributed by atoms with Crippen molar-refractivity contribution < 1.29 is 4.74 Å². The van der Waals surface area contributed by atoms with Crippen molar-refractivity contribution in [2.45, 2.75) is 44.1 Å². The number of ether oxygens (including phenoxy) is 1. The lowest BCUT2D eigenvalue weighted by atomic mass is 10.1. The van der Waals surface area contributed by atoms with Crippen LogP contribution in [0.1, 0.15) is 30.7 Å². The van der Waals surface area contributed by atoms with Crippen LogP contribution in [-0.4, -0.2) is 36.2 Å². The number of hydrogen-bond donors (Lipinski definition) is 1. The van der Waals surface area contributed by atoms with Gasteiger partial charge >= 0.3 is 0 Å². The maximum absolute atomic E-state index is 6.23. The molecule has 0 aromatic carbocycles. The molecule has 100 valence electrons. The van der Waals surface area contributed by atoms with Crippen LogP contribution in [-0.2, 0) is 4.74 Å². The maximum atomic E-state index is 6.23. The molecule has 0 saturated carbocycles. The van der Waals surface area contributed by atoms with Crippen LogP contribution in [0.5, 0.6) is 0 Å². The number of morpholine rings is 1. The van der Waals surface area contributed by atoms with Crippen molar-refractivity contribution >= 4 is 27.3 Å². The molecular formula is C13H19BrN2OS. The number of rotatable bonds is 3. The molecule has 1 aromatic heterocycles. The van der Waals surface area contributed by atoms with E-state index in [1.54, 1.807) is 11.3 Å². The summed E-state index contributed by atoms with van der Waals surface area (Å²) in [6.07, 6.45) is 3.27. The normalized spacial score (nSPS) is 31.5. The van der Waals surface area contributed by atoms with Gasteiger partial charge < -0.3 is 10.5 Å². The molecule has 2 N–H and O–H groups in total. The second-order valence-corrected chi connectivity index (χ2v) is 7.24. The molecule has 2 aliphatic rings. The van der Waals surface area contributed by atoms with E-state index in [0.29, 0.717) is 18.2 Å². The van der Waals surface area contributed by atoms with Crippen LogP contribution < -0.4 is 5.73 Å². The summed E-state index contributed by atoms with van der Waals surface area (Å²) in [4.78, 5) is 3.88. The molecule has 3 heterocycles. The maximum Gasteiger partial charge on any atom is 0.0707 e. The Morgan fingerprint density at radius 3 is 2.61 bits per heavy atom. The minimum Gasteiger partial charge on any atom is -0.372 e. The molecule has 4 unspecified atom stereocenters. The van der Waals surface area contributed by atoms with Gasteiger partial charge in [0.2, 0.25) is 0 Å².